The Kier molecular flexibility index (Phi) is 5.47. The maximum atomic E-state index is 12.5. The normalized spacial score (nSPS) is 11.9. The molecule has 1 aromatic heterocycles. The smallest absolute Gasteiger partial charge is 0.294 e. The number of azo groups is 1. The third-order valence-electron chi connectivity index (χ3n) is 3.92. The minimum atomic E-state index is -4.36. The quantitative estimate of drug-likeness (QED) is 0.518. The van der Waals surface area contributed by atoms with Gasteiger partial charge in [-0.05, 0) is 44.5 Å². The predicted octanol–water partition coefficient (Wildman–Crippen LogP) is 1.95. The van der Waals surface area contributed by atoms with Gasteiger partial charge in [0.25, 0.3) is 21.6 Å². The van der Waals surface area contributed by atoms with Crippen molar-refractivity contribution in [3.63, 3.8) is 0 Å². The van der Waals surface area contributed by atoms with Gasteiger partial charge >= 0.3 is 0 Å². The van der Waals surface area contributed by atoms with Crippen LogP contribution in [0.5, 0.6) is 5.88 Å². The fourth-order valence-electron chi connectivity index (χ4n) is 2.60. The Morgan fingerprint density at radius 3 is 2.37 bits per heavy atom. The van der Waals surface area contributed by atoms with Crippen LogP contribution in [0.4, 0.5) is 11.4 Å². The van der Waals surface area contributed by atoms with E-state index in [4.69, 9.17) is 10.3 Å². The summed E-state index contributed by atoms with van der Waals surface area (Å²) in [6.07, 6.45) is 0. The molecule has 0 aliphatic carbocycles. The van der Waals surface area contributed by atoms with Crippen LogP contribution in [0.25, 0.3) is 0 Å². The minimum absolute atomic E-state index is 0.0738. The Labute approximate surface area is 154 Å². The van der Waals surface area contributed by atoms with E-state index < -0.39 is 27.5 Å². The lowest BCUT2D eigenvalue weighted by molar-refractivity contribution is 0.0995. The van der Waals surface area contributed by atoms with Crippen LogP contribution in [-0.4, -0.2) is 28.6 Å². The highest BCUT2D eigenvalue weighted by molar-refractivity contribution is 7.85. The first-order valence-electron chi connectivity index (χ1n) is 7.75. The molecule has 1 heterocycles. The molecule has 0 aliphatic rings. The molecule has 0 spiro atoms. The average molecular weight is 394 g/mol. The molecule has 0 bridgehead atoms. The van der Waals surface area contributed by atoms with Crippen LogP contribution >= 0.6 is 0 Å². The van der Waals surface area contributed by atoms with E-state index in [1.807, 2.05) is 0 Å². The van der Waals surface area contributed by atoms with Crippen LogP contribution in [0.15, 0.2) is 38.1 Å². The van der Waals surface area contributed by atoms with Crippen molar-refractivity contribution < 1.29 is 22.9 Å². The summed E-state index contributed by atoms with van der Waals surface area (Å²) in [6.45, 7) is 4.54. The summed E-state index contributed by atoms with van der Waals surface area (Å²) >= 11 is 0. The number of nitrogens with zero attached hydrogens (tertiary/aromatic N) is 3. The van der Waals surface area contributed by atoms with Crippen molar-refractivity contribution in [1.82, 2.24) is 4.57 Å². The molecule has 0 fully saturated rings. The molecular formula is C16H18N4O6S. The fourth-order valence-corrected chi connectivity index (χ4v) is 3.31. The maximum Gasteiger partial charge on any atom is 0.294 e. The second-order valence-electron chi connectivity index (χ2n) is 5.71. The SMILES string of the molecule is CCn1c(O)c(C(N)=O)c(C)c(N=Nc2ccc(S(=O)(=O)O)c(C)c2)c1=O. The van der Waals surface area contributed by atoms with Gasteiger partial charge in [0.2, 0.25) is 5.88 Å². The topological polar surface area (TPSA) is 164 Å². The number of hydrogen-bond acceptors (Lipinski definition) is 7. The zero-order chi connectivity index (χ0) is 20.5. The summed E-state index contributed by atoms with van der Waals surface area (Å²) < 4.78 is 32.5. The second kappa shape index (κ2) is 7.29. The molecule has 1 amide bonds. The largest absolute Gasteiger partial charge is 0.494 e. The lowest BCUT2D eigenvalue weighted by Crippen LogP contribution is -2.25. The number of aryl methyl sites for hydroxylation is 1. The minimum Gasteiger partial charge on any atom is -0.494 e. The maximum absolute atomic E-state index is 12.5. The van der Waals surface area contributed by atoms with Crippen LogP contribution in [-0.2, 0) is 16.7 Å². The summed E-state index contributed by atoms with van der Waals surface area (Å²) in [7, 11) is -4.36. The van der Waals surface area contributed by atoms with Crippen molar-refractivity contribution >= 4 is 27.4 Å². The Morgan fingerprint density at radius 1 is 1.26 bits per heavy atom. The number of benzene rings is 1. The molecule has 0 radical (unpaired) electrons. The van der Waals surface area contributed by atoms with E-state index in [9.17, 15) is 23.1 Å². The van der Waals surface area contributed by atoms with Gasteiger partial charge in [0.1, 0.15) is 5.56 Å². The zero-order valence-electron chi connectivity index (χ0n) is 14.8. The molecule has 0 atom stereocenters. The first kappa shape index (κ1) is 20.3. The van der Waals surface area contributed by atoms with E-state index in [0.717, 1.165) is 10.6 Å². The molecule has 2 aromatic rings. The Bertz CT molecular complexity index is 1120. The van der Waals surface area contributed by atoms with Crippen molar-refractivity contribution in [3.8, 4) is 5.88 Å². The van der Waals surface area contributed by atoms with Crippen molar-refractivity contribution in [2.45, 2.75) is 32.2 Å². The summed E-state index contributed by atoms with van der Waals surface area (Å²) in [5, 5.41) is 17.8. The van der Waals surface area contributed by atoms with Gasteiger partial charge in [-0.25, -0.2) is 0 Å². The molecule has 0 aliphatic heterocycles. The summed E-state index contributed by atoms with van der Waals surface area (Å²) in [6, 6.07) is 3.81. The van der Waals surface area contributed by atoms with Gasteiger partial charge in [0.05, 0.1) is 10.6 Å². The third kappa shape index (κ3) is 3.88. The molecule has 1 aromatic carbocycles. The number of amides is 1. The number of hydrogen-bond donors (Lipinski definition) is 3. The number of aromatic nitrogens is 1. The molecule has 27 heavy (non-hydrogen) atoms. The van der Waals surface area contributed by atoms with Crippen molar-refractivity contribution in [2.24, 2.45) is 16.0 Å². The molecule has 0 unspecified atom stereocenters. The van der Waals surface area contributed by atoms with Crippen LogP contribution in [0.2, 0.25) is 0 Å². The number of carbonyl (C=O) groups excluding carboxylic acids is 1. The Balaban J connectivity index is 2.61. The zero-order valence-corrected chi connectivity index (χ0v) is 15.6. The molecule has 4 N–H and O–H groups in total. The molecule has 144 valence electrons. The van der Waals surface area contributed by atoms with Crippen LogP contribution in [0.1, 0.15) is 28.4 Å². The number of rotatable bonds is 5. The fraction of sp³-hybridized carbons (Fsp3) is 0.250. The van der Waals surface area contributed by atoms with Gasteiger partial charge in [-0.1, -0.05) is 0 Å². The Hall–Kier alpha value is -3.05. The monoisotopic (exact) mass is 394 g/mol. The Morgan fingerprint density at radius 2 is 1.89 bits per heavy atom. The second-order valence-corrected chi connectivity index (χ2v) is 7.10. The number of pyridine rings is 1. The first-order valence-corrected chi connectivity index (χ1v) is 9.19. The van der Waals surface area contributed by atoms with E-state index in [-0.39, 0.29) is 39.5 Å². The lowest BCUT2D eigenvalue weighted by atomic mass is 10.1. The van der Waals surface area contributed by atoms with E-state index in [1.54, 1.807) is 6.92 Å². The van der Waals surface area contributed by atoms with Gasteiger partial charge in [-0.3, -0.25) is 18.7 Å². The van der Waals surface area contributed by atoms with Gasteiger partial charge in [0, 0.05) is 12.1 Å². The van der Waals surface area contributed by atoms with Crippen LogP contribution < -0.4 is 11.3 Å². The van der Waals surface area contributed by atoms with Crippen molar-refractivity contribution in [1.29, 1.82) is 0 Å². The van der Waals surface area contributed by atoms with E-state index in [2.05, 4.69) is 10.2 Å². The van der Waals surface area contributed by atoms with Crippen LogP contribution in [0.3, 0.4) is 0 Å². The van der Waals surface area contributed by atoms with E-state index in [0.29, 0.717) is 0 Å². The predicted molar refractivity (Wildman–Crippen MR) is 96.5 cm³/mol. The summed E-state index contributed by atoms with van der Waals surface area (Å²) in [4.78, 5) is 23.8. The third-order valence-corrected chi connectivity index (χ3v) is 4.94. The molecule has 10 nitrogen and oxygen atoms in total. The molecule has 2 rings (SSSR count). The highest BCUT2D eigenvalue weighted by Gasteiger charge is 2.22. The molecule has 0 saturated carbocycles. The van der Waals surface area contributed by atoms with Gasteiger partial charge in [0.15, 0.2) is 5.69 Å². The number of aromatic hydroxyl groups is 1. The van der Waals surface area contributed by atoms with Gasteiger partial charge < -0.3 is 10.8 Å². The number of carbonyl (C=O) groups is 1. The van der Waals surface area contributed by atoms with E-state index in [1.165, 1.54) is 26.0 Å². The van der Waals surface area contributed by atoms with Gasteiger partial charge in [-0.2, -0.15) is 13.5 Å². The number of primary amides is 1. The first-order chi connectivity index (χ1) is 12.5. The molecular weight excluding hydrogens is 376 g/mol. The van der Waals surface area contributed by atoms with E-state index >= 15 is 0 Å². The molecule has 0 saturated heterocycles. The number of nitrogens with two attached hydrogens (primary N) is 1. The van der Waals surface area contributed by atoms with Crippen molar-refractivity contribution in [3.05, 3.63) is 45.2 Å². The highest BCUT2D eigenvalue weighted by atomic mass is 32.2. The average Bonchev–Trinajstić information content (AvgIpc) is 2.53. The van der Waals surface area contributed by atoms with Crippen LogP contribution in [0, 0.1) is 13.8 Å². The lowest BCUT2D eigenvalue weighted by Gasteiger charge is -2.13. The summed E-state index contributed by atoms with van der Waals surface area (Å²) in [5.74, 6) is -1.46. The van der Waals surface area contributed by atoms with Gasteiger partial charge in [-0.15, -0.1) is 5.11 Å². The standard InChI is InChI=1S/C16H18N4O6S/c1-4-20-15(22)12(14(17)21)9(3)13(16(20)23)19-18-10-5-6-11(8(2)7-10)27(24,25)26/h5-7,22H,4H2,1-3H3,(H2,17,21)(H,24,25,26). The molecule has 11 heteroatoms. The summed E-state index contributed by atoms with van der Waals surface area (Å²) in [5.41, 5.74) is 4.73. The van der Waals surface area contributed by atoms with Crippen molar-refractivity contribution in [2.75, 3.05) is 0 Å². The highest BCUT2D eigenvalue weighted by Crippen LogP contribution is 2.28.